The number of benzene rings is 2. The number of carbonyl (C=O) groups is 2. The van der Waals surface area contributed by atoms with Gasteiger partial charge in [0.05, 0.1) is 5.41 Å². The summed E-state index contributed by atoms with van der Waals surface area (Å²) in [6.45, 7) is 0.929. The van der Waals surface area contributed by atoms with Gasteiger partial charge in [0.2, 0.25) is 5.91 Å². The van der Waals surface area contributed by atoms with Gasteiger partial charge in [-0.25, -0.2) is 9.18 Å². The highest BCUT2D eigenvalue weighted by Gasteiger charge is 2.41. The van der Waals surface area contributed by atoms with Gasteiger partial charge in [-0.1, -0.05) is 12.1 Å². The number of ether oxygens (including phenoxy) is 1. The van der Waals surface area contributed by atoms with Crippen LogP contribution >= 0.6 is 0 Å². The Kier molecular flexibility index (Phi) is 5.18. The molecule has 6 nitrogen and oxygen atoms in total. The summed E-state index contributed by atoms with van der Waals surface area (Å²) in [6, 6.07) is 12.0. The van der Waals surface area contributed by atoms with E-state index in [1.165, 1.54) is 12.1 Å². The Morgan fingerprint density at radius 1 is 0.923 bits per heavy atom. The Hall–Kier alpha value is -2.93. The third-order valence-corrected chi connectivity index (χ3v) is 4.59. The highest BCUT2D eigenvalue weighted by Crippen LogP contribution is 2.36. The van der Waals surface area contributed by atoms with Crippen LogP contribution in [0.3, 0.4) is 0 Å². The molecule has 2 aromatic carbocycles. The molecule has 4 N–H and O–H groups in total. The van der Waals surface area contributed by atoms with Crippen molar-refractivity contribution in [1.29, 1.82) is 0 Å². The zero-order chi connectivity index (χ0) is 18.6. The second kappa shape index (κ2) is 7.53. The minimum atomic E-state index is -0.768. The van der Waals surface area contributed by atoms with E-state index in [0.29, 0.717) is 37.4 Å². The number of halogens is 1. The Labute approximate surface area is 150 Å². The highest BCUT2D eigenvalue weighted by atomic mass is 19.1. The van der Waals surface area contributed by atoms with Crippen LogP contribution < -0.4 is 16.4 Å². The van der Waals surface area contributed by atoms with Gasteiger partial charge in [0, 0.05) is 24.6 Å². The Bertz CT molecular complexity index is 785. The summed E-state index contributed by atoms with van der Waals surface area (Å²) in [5, 5.41) is 5.38. The summed E-state index contributed by atoms with van der Waals surface area (Å²) >= 11 is 0. The predicted molar refractivity (Wildman–Crippen MR) is 96.4 cm³/mol. The number of nitrogens with two attached hydrogens (primary N) is 1. The molecule has 7 heteroatoms. The largest absolute Gasteiger partial charge is 0.381 e. The van der Waals surface area contributed by atoms with Crippen LogP contribution in [-0.4, -0.2) is 25.2 Å². The Morgan fingerprint density at radius 2 is 1.46 bits per heavy atom. The van der Waals surface area contributed by atoms with Crippen molar-refractivity contribution < 1.29 is 18.7 Å². The number of rotatable bonds is 4. The van der Waals surface area contributed by atoms with Gasteiger partial charge in [-0.2, -0.15) is 0 Å². The first-order valence-corrected chi connectivity index (χ1v) is 8.31. The number of nitrogens with one attached hydrogen (secondary N) is 2. The van der Waals surface area contributed by atoms with Gasteiger partial charge in [-0.05, 0) is 54.8 Å². The maximum absolute atomic E-state index is 13.3. The summed E-state index contributed by atoms with van der Waals surface area (Å²) < 4.78 is 18.7. The molecule has 0 atom stereocenters. The molecule has 3 rings (SSSR count). The fraction of sp³-hybridized carbons (Fsp3) is 0.263. The molecule has 0 saturated carbocycles. The fourth-order valence-electron chi connectivity index (χ4n) is 3.17. The van der Waals surface area contributed by atoms with Crippen LogP contribution in [0.15, 0.2) is 48.5 Å². The minimum absolute atomic E-state index is 0.164. The summed E-state index contributed by atoms with van der Waals surface area (Å²) in [7, 11) is 0. The molecule has 1 saturated heterocycles. The van der Waals surface area contributed by atoms with Gasteiger partial charge in [0.15, 0.2) is 0 Å². The highest BCUT2D eigenvalue weighted by molar-refractivity contribution is 5.99. The molecule has 0 bridgehead atoms. The van der Waals surface area contributed by atoms with Gasteiger partial charge in [0.25, 0.3) is 0 Å². The normalized spacial score (nSPS) is 15.9. The second-order valence-corrected chi connectivity index (χ2v) is 6.22. The van der Waals surface area contributed by atoms with E-state index in [9.17, 15) is 14.0 Å². The molecule has 0 aromatic heterocycles. The van der Waals surface area contributed by atoms with E-state index in [2.05, 4.69) is 10.6 Å². The van der Waals surface area contributed by atoms with E-state index in [4.69, 9.17) is 10.5 Å². The topological polar surface area (TPSA) is 93.5 Å². The van der Waals surface area contributed by atoms with Crippen LogP contribution in [0.4, 0.5) is 20.6 Å². The number of urea groups is 1. The van der Waals surface area contributed by atoms with Crippen molar-refractivity contribution >= 4 is 23.3 Å². The minimum Gasteiger partial charge on any atom is -0.381 e. The van der Waals surface area contributed by atoms with E-state index in [0.717, 1.165) is 5.56 Å². The van der Waals surface area contributed by atoms with Gasteiger partial charge >= 0.3 is 6.03 Å². The molecule has 1 heterocycles. The summed E-state index contributed by atoms with van der Waals surface area (Å²) in [5.41, 5.74) is 6.21. The Morgan fingerprint density at radius 3 is 2.00 bits per heavy atom. The Balaban J connectivity index is 1.82. The van der Waals surface area contributed by atoms with Gasteiger partial charge in [-0.15, -0.1) is 0 Å². The van der Waals surface area contributed by atoms with Gasteiger partial charge in [-0.3, -0.25) is 4.79 Å². The monoisotopic (exact) mass is 357 g/mol. The maximum Gasteiger partial charge on any atom is 0.316 e. The molecule has 1 aliphatic rings. The third-order valence-electron chi connectivity index (χ3n) is 4.59. The molecule has 0 aliphatic carbocycles. The molecule has 1 aliphatic heterocycles. The molecular formula is C19H20FN3O3. The lowest BCUT2D eigenvalue weighted by Gasteiger charge is -2.36. The van der Waals surface area contributed by atoms with Crippen molar-refractivity contribution in [3.8, 4) is 0 Å². The molecular weight excluding hydrogens is 337 g/mol. The van der Waals surface area contributed by atoms with Crippen molar-refractivity contribution in [2.24, 2.45) is 5.73 Å². The lowest BCUT2D eigenvalue weighted by atomic mass is 9.73. The molecule has 0 radical (unpaired) electrons. The lowest BCUT2D eigenvalue weighted by molar-refractivity contribution is -0.125. The molecule has 3 amide bonds. The van der Waals surface area contributed by atoms with Gasteiger partial charge in [0.1, 0.15) is 5.82 Å². The van der Waals surface area contributed by atoms with Crippen LogP contribution in [0.1, 0.15) is 18.4 Å². The quantitative estimate of drug-likeness (QED) is 0.785. The first-order chi connectivity index (χ1) is 12.5. The average Bonchev–Trinajstić information content (AvgIpc) is 2.64. The summed E-state index contributed by atoms with van der Waals surface area (Å²) in [6.07, 6.45) is 1.04. The fourth-order valence-corrected chi connectivity index (χ4v) is 3.17. The van der Waals surface area contributed by atoms with E-state index in [-0.39, 0.29) is 11.7 Å². The van der Waals surface area contributed by atoms with Crippen LogP contribution in [0.5, 0.6) is 0 Å². The molecule has 2 aromatic rings. The lowest BCUT2D eigenvalue weighted by Crippen LogP contribution is -2.44. The van der Waals surface area contributed by atoms with Crippen LogP contribution in [0.2, 0.25) is 0 Å². The zero-order valence-corrected chi connectivity index (χ0v) is 14.1. The zero-order valence-electron chi connectivity index (χ0n) is 14.1. The first-order valence-electron chi connectivity index (χ1n) is 8.31. The standard InChI is InChI=1S/C19H20FN3O3/c20-14-3-1-13(2-4-14)19(9-11-26-12-10-19)17(24)22-15-5-7-16(8-6-15)23-18(21)25/h1-8H,9-12H2,(H,22,24)(H3,21,23,25). The third kappa shape index (κ3) is 3.83. The number of primary amides is 1. The second-order valence-electron chi connectivity index (χ2n) is 6.22. The van der Waals surface area contributed by atoms with Gasteiger partial charge < -0.3 is 21.1 Å². The van der Waals surface area contributed by atoms with E-state index >= 15 is 0 Å². The molecule has 26 heavy (non-hydrogen) atoms. The van der Waals surface area contributed by atoms with E-state index in [1.54, 1.807) is 36.4 Å². The van der Waals surface area contributed by atoms with Crippen molar-refractivity contribution in [3.05, 3.63) is 59.9 Å². The van der Waals surface area contributed by atoms with E-state index < -0.39 is 11.4 Å². The van der Waals surface area contributed by atoms with Crippen molar-refractivity contribution in [1.82, 2.24) is 0 Å². The number of anilines is 2. The smallest absolute Gasteiger partial charge is 0.316 e. The van der Waals surface area contributed by atoms with Crippen LogP contribution in [0.25, 0.3) is 0 Å². The number of hydrogen-bond acceptors (Lipinski definition) is 3. The SMILES string of the molecule is NC(=O)Nc1ccc(NC(=O)C2(c3ccc(F)cc3)CCOCC2)cc1. The molecule has 136 valence electrons. The maximum atomic E-state index is 13.3. The molecule has 0 unspecified atom stereocenters. The van der Waals surface area contributed by atoms with Crippen LogP contribution in [0, 0.1) is 5.82 Å². The predicted octanol–water partition coefficient (Wildman–Crippen LogP) is 3.00. The summed E-state index contributed by atoms with van der Waals surface area (Å²) in [4.78, 5) is 24.0. The number of carbonyl (C=O) groups excluding carboxylic acids is 2. The van der Waals surface area contributed by atoms with Crippen molar-refractivity contribution in [2.45, 2.75) is 18.3 Å². The van der Waals surface area contributed by atoms with E-state index in [1.807, 2.05) is 0 Å². The average molecular weight is 357 g/mol. The molecule has 0 spiro atoms. The number of amides is 3. The summed E-state index contributed by atoms with van der Waals surface area (Å²) in [5.74, 6) is -0.503. The van der Waals surface area contributed by atoms with Crippen molar-refractivity contribution in [3.63, 3.8) is 0 Å². The van der Waals surface area contributed by atoms with Crippen molar-refractivity contribution in [2.75, 3.05) is 23.8 Å². The first kappa shape index (κ1) is 17.9. The van der Waals surface area contributed by atoms with Crippen LogP contribution in [-0.2, 0) is 14.9 Å². The molecule has 1 fully saturated rings. The number of hydrogen-bond donors (Lipinski definition) is 3.